The Morgan fingerprint density at radius 1 is 1.50 bits per heavy atom. The first kappa shape index (κ1) is 10.3. The van der Waals surface area contributed by atoms with Gasteiger partial charge in [0.25, 0.3) is 0 Å². The Labute approximate surface area is 95.5 Å². The lowest BCUT2D eigenvalue weighted by Crippen LogP contribution is -2.60. The number of aryl methyl sites for hydroxylation is 1. The van der Waals surface area contributed by atoms with Crippen LogP contribution in [0.15, 0.2) is 10.6 Å². The topological polar surface area (TPSA) is 38.5 Å². The van der Waals surface area contributed by atoms with Gasteiger partial charge in [-0.25, -0.2) is 0 Å². The molecule has 0 amide bonds. The van der Waals surface area contributed by atoms with Crippen molar-refractivity contribution in [2.75, 3.05) is 19.8 Å². The summed E-state index contributed by atoms with van der Waals surface area (Å²) < 4.78 is 10.9. The highest BCUT2D eigenvalue weighted by Gasteiger charge is 2.44. The minimum atomic E-state index is 0.305. The Morgan fingerprint density at radius 2 is 2.38 bits per heavy atom. The quantitative estimate of drug-likeness (QED) is 0.764. The number of rotatable bonds is 2. The molecule has 0 atom stereocenters. The highest BCUT2D eigenvalue weighted by Crippen LogP contribution is 2.40. The fourth-order valence-corrected chi connectivity index (χ4v) is 2.74. The maximum atomic E-state index is 5.61. The third-order valence-corrected chi connectivity index (χ3v) is 3.85. The molecule has 1 spiro atoms. The van der Waals surface area contributed by atoms with Crippen molar-refractivity contribution >= 4 is 0 Å². The average molecular weight is 222 g/mol. The van der Waals surface area contributed by atoms with Gasteiger partial charge in [0.05, 0.1) is 25.5 Å². The summed E-state index contributed by atoms with van der Waals surface area (Å²) in [6.45, 7) is 5.59. The molecule has 0 aromatic carbocycles. The van der Waals surface area contributed by atoms with E-state index in [-0.39, 0.29) is 0 Å². The molecule has 2 heterocycles. The summed E-state index contributed by atoms with van der Waals surface area (Å²) in [5, 5.41) is 3.94. The molecular weight excluding hydrogens is 204 g/mol. The van der Waals surface area contributed by atoms with Gasteiger partial charge in [-0.2, -0.15) is 0 Å². The van der Waals surface area contributed by atoms with Crippen LogP contribution in [0.3, 0.4) is 0 Å². The van der Waals surface area contributed by atoms with Crippen molar-refractivity contribution < 1.29 is 9.26 Å². The molecule has 2 aliphatic rings. The van der Waals surface area contributed by atoms with Crippen molar-refractivity contribution in [2.45, 2.75) is 38.3 Å². The first-order valence-corrected chi connectivity index (χ1v) is 6.04. The standard InChI is InChI=1S/C12H18N2O2/c1-10-7-11(16-13-10)8-14-5-6-15-9-12(14)3-2-4-12/h7H,2-6,8-9H2,1H3. The molecule has 16 heavy (non-hydrogen) atoms. The molecule has 4 nitrogen and oxygen atoms in total. The van der Waals surface area contributed by atoms with Crippen molar-refractivity contribution in [3.05, 3.63) is 17.5 Å². The molecule has 0 radical (unpaired) electrons. The number of aromatic nitrogens is 1. The van der Waals surface area contributed by atoms with E-state index in [9.17, 15) is 0 Å². The van der Waals surface area contributed by atoms with Crippen LogP contribution in [0.2, 0.25) is 0 Å². The monoisotopic (exact) mass is 222 g/mol. The Bertz CT molecular complexity index is 371. The molecule has 1 aliphatic carbocycles. The van der Waals surface area contributed by atoms with Gasteiger partial charge < -0.3 is 9.26 Å². The van der Waals surface area contributed by atoms with Gasteiger partial charge in [-0.05, 0) is 26.2 Å². The van der Waals surface area contributed by atoms with Crippen LogP contribution in [0.5, 0.6) is 0 Å². The van der Waals surface area contributed by atoms with Crippen molar-refractivity contribution in [1.29, 1.82) is 0 Å². The van der Waals surface area contributed by atoms with E-state index < -0.39 is 0 Å². The second-order valence-corrected chi connectivity index (χ2v) is 4.99. The van der Waals surface area contributed by atoms with E-state index in [1.807, 2.05) is 13.0 Å². The largest absolute Gasteiger partial charge is 0.378 e. The highest BCUT2D eigenvalue weighted by atomic mass is 16.5. The van der Waals surface area contributed by atoms with Gasteiger partial charge in [0.15, 0.2) is 5.76 Å². The predicted octanol–water partition coefficient (Wildman–Crippen LogP) is 1.74. The van der Waals surface area contributed by atoms with E-state index >= 15 is 0 Å². The summed E-state index contributed by atoms with van der Waals surface area (Å²) in [7, 11) is 0. The number of nitrogens with zero attached hydrogens (tertiary/aromatic N) is 2. The Kier molecular flexibility index (Phi) is 2.48. The minimum Gasteiger partial charge on any atom is -0.378 e. The van der Waals surface area contributed by atoms with Gasteiger partial charge in [0, 0.05) is 18.2 Å². The normalized spacial score (nSPS) is 24.6. The van der Waals surface area contributed by atoms with E-state index in [0.717, 1.165) is 37.8 Å². The van der Waals surface area contributed by atoms with Crippen LogP contribution in [0.1, 0.15) is 30.7 Å². The summed E-state index contributed by atoms with van der Waals surface area (Å²) in [6.07, 6.45) is 3.86. The number of ether oxygens (including phenoxy) is 1. The van der Waals surface area contributed by atoms with Gasteiger partial charge in [0.1, 0.15) is 0 Å². The molecule has 0 unspecified atom stereocenters. The van der Waals surface area contributed by atoms with Crippen LogP contribution in [-0.4, -0.2) is 35.4 Å². The van der Waals surface area contributed by atoms with Crippen molar-refractivity contribution in [3.63, 3.8) is 0 Å². The van der Waals surface area contributed by atoms with Crippen LogP contribution in [0, 0.1) is 6.92 Å². The second-order valence-electron chi connectivity index (χ2n) is 4.99. The second kappa shape index (κ2) is 3.86. The molecule has 1 saturated heterocycles. The van der Waals surface area contributed by atoms with Crippen molar-refractivity contribution in [3.8, 4) is 0 Å². The third-order valence-electron chi connectivity index (χ3n) is 3.85. The molecular formula is C12H18N2O2. The summed E-state index contributed by atoms with van der Waals surface area (Å²) in [6, 6.07) is 2.03. The first-order chi connectivity index (χ1) is 7.78. The van der Waals surface area contributed by atoms with E-state index in [2.05, 4.69) is 10.1 Å². The average Bonchev–Trinajstić information content (AvgIpc) is 2.63. The maximum absolute atomic E-state index is 5.61. The molecule has 3 rings (SSSR count). The van der Waals surface area contributed by atoms with Gasteiger partial charge in [-0.15, -0.1) is 0 Å². The smallest absolute Gasteiger partial charge is 0.150 e. The number of hydrogen-bond acceptors (Lipinski definition) is 4. The fraction of sp³-hybridized carbons (Fsp3) is 0.750. The van der Waals surface area contributed by atoms with Gasteiger partial charge >= 0.3 is 0 Å². The van der Waals surface area contributed by atoms with E-state index in [4.69, 9.17) is 9.26 Å². The van der Waals surface area contributed by atoms with Gasteiger partial charge in [0.2, 0.25) is 0 Å². The zero-order valence-corrected chi connectivity index (χ0v) is 9.74. The lowest BCUT2D eigenvalue weighted by atomic mass is 9.75. The molecule has 1 aliphatic heterocycles. The first-order valence-electron chi connectivity index (χ1n) is 6.04. The minimum absolute atomic E-state index is 0.305. The zero-order valence-electron chi connectivity index (χ0n) is 9.74. The Hall–Kier alpha value is -0.870. The molecule has 1 aromatic heterocycles. The zero-order chi connectivity index (χ0) is 11.0. The lowest BCUT2D eigenvalue weighted by Gasteiger charge is -2.52. The fourth-order valence-electron chi connectivity index (χ4n) is 2.74. The Balaban J connectivity index is 1.72. The summed E-state index contributed by atoms with van der Waals surface area (Å²) in [5.74, 6) is 0.977. The maximum Gasteiger partial charge on any atom is 0.150 e. The van der Waals surface area contributed by atoms with E-state index in [0.29, 0.717) is 5.54 Å². The predicted molar refractivity (Wildman–Crippen MR) is 59.1 cm³/mol. The van der Waals surface area contributed by atoms with Crippen molar-refractivity contribution in [1.82, 2.24) is 10.1 Å². The summed E-state index contributed by atoms with van der Waals surface area (Å²) >= 11 is 0. The summed E-state index contributed by atoms with van der Waals surface area (Å²) in [5.41, 5.74) is 1.27. The lowest BCUT2D eigenvalue weighted by molar-refractivity contribution is -0.113. The SMILES string of the molecule is Cc1cc(CN2CCOCC23CCC3)on1. The summed E-state index contributed by atoms with van der Waals surface area (Å²) in [4.78, 5) is 2.51. The molecule has 1 saturated carbocycles. The molecule has 1 aromatic rings. The number of morpholine rings is 1. The van der Waals surface area contributed by atoms with Gasteiger partial charge in [-0.3, -0.25) is 4.90 Å². The van der Waals surface area contributed by atoms with E-state index in [1.54, 1.807) is 0 Å². The van der Waals surface area contributed by atoms with Crippen LogP contribution in [0.25, 0.3) is 0 Å². The number of hydrogen-bond donors (Lipinski definition) is 0. The molecule has 4 heteroatoms. The molecule has 0 N–H and O–H groups in total. The van der Waals surface area contributed by atoms with Gasteiger partial charge in [-0.1, -0.05) is 5.16 Å². The van der Waals surface area contributed by atoms with Crippen molar-refractivity contribution in [2.24, 2.45) is 0 Å². The molecule has 0 bridgehead atoms. The van der Waals surface area contributed by atoms with E-state index in [1.165, 1.54) is 19.3 Å². The van der Waals surface area contributed by atoms with Crippen LogP contribution in [-0.2, 0) is 11.3 Å². The Morgan fingerprint density at radius 3 is 3.00 bits per heavy atom. The van der Waals surface area contributed by atoms with Crippen LogP contribution in [0.4, 0.5) is 0 Å². The highest BCUT2D eigenvalue weighted by molar-refractivity contribution is 5.06. The third kappa shape index (κ3) is 1.66. The van der Waals surface area contributed by atoms with Crippen LogP contribution >= 0.6 is 0 Å². The van der Waals surface area contributed by atoms with Crippen LogP contribution < -0.4 is 0 Å². The molecule has 2 fully saturated rings. The molecule has 88 valence electrons.